The minimum Gasteiger partial charge on any atom is -0.490 e. The van der Waals surface area contributed by atoms with Crippen molar-refractivity contribution in [1.82, 2.24) is 0 Å². The zero-order valence-corrected chi connectivity index (χ0v) is 13.3. The number of aryl methyl sites for hydroxylation is 1. The first-order chi connectivity index (χ1) is 10.9. The Hall–Kier alpha value is -1.89. The van der Waals surface area contributed by atoms with E-state index in [1.54, 1.807) is 11.3 Å². The number of aliphatic hydroxyl groups is 2. The quantitative estimate of drug-likeness (QED) is 0.841. The predicted molar refractivity (Wildman–Crippen MR) is 84.9 cm³/mol. The molecule has 1 saturated heterocycles. The third-order valence-corrected chi connectivity index (χ3v) is 5.34. The Balaban J connectivity index is 1.55. The van der Waals surface area contributed by atoms with Crippen LogP contribution in [-0.2, 0) is 20.9 Å². The molecule has 1 aromatic carbocycles. The lowest BCUT2D eigenvalue weighted by atomic mass is 9.89. The molecule has 5 nitrogen and oxygen atoms in total. The standard InChI is InChI=1S/C17H16O5S/c1-9-2-3-14-10(4-9)5-11(23-14)8-21-12-6-17(20)7-13(15(12)18)22-16(17)19/h2-6,13,15,18,20H,7-8H2,1H3/t13-,15-,17+/m1/s1. The summed E-state index contributed by atoms with van der Waals surface area (Å²) in [5, 5.41) is 21.5. The molecule has 120 valence electrons. The number of carbonyl (C=O) groups is 1. The van der Waals surface area contributed by atoms with E-state index in [1.165, 1.54) is 16.3 Å². The molecule has 0 unspecified atom stereocenters. The van der Waals surface area contributed by atoms with Crippen LogP contribution in [0.25, 0.3) is 10.1 Å². The minimum absolute atomic E-state index is 0.0715. The van der Waals surface area contributed by atoms with Gasteiger partial charge in [0.25, 0.3) is 0 Å². The van der Waals surface area contributed by atoms with E-state index in [-0.39, 0.29) is 18.8 Å². The largest absolute Gasteiger partial charge is 0.490 e. The molecular formula is C17H16O5S. The second-order valence-electron chi connectivity index (χ2n) is 6.11. The van der Waals surface area contributed by atoms with Crippen molar-refractivity contribution in [3.8, 4) is 0 Å². The van der Waals surface area contributed by atoms with Crippen molar-refractivity contribution in [2.24, 2.45) is 0 Å². The molecule has 1 aliphatic carbocycles. The Morgan fingerprint density at radius 3 is 3.09 bits per heavy atom. The van der Waals surface area contributed by atoms with E-state index in [2.05, 4.69) is 18.2 Å². The summed E-state index contributed by atoms with van der Waals surface area (Å²) in [4.78, 5) is 12.6. The van der Waals surface area contributed by atoms with Crippen LogP contribution in [0.2, 0.25) is 0 Å². The normalized spacial score (nSPS) is 29.5. The molecule has 2 aliphatic rings. The van der Waals surface area contributed by atoms with Crippen molar-refractivity contribution in [3.05, 3.63) is 46.5 Å². The summed E-state index contributed by atoms with van der Waals surface area (Å²) < 4.78 is 11.8. The number of rotatable bonds is 3. The Morgan fingerprint density at radius 2 is 2.26 bits per heavy atom. The molecule has 1 aromatic heterocycles. The Morgan fingerprint density at radius 1 is 1.43 bits per heavy atom. The van der Waals surface area contributed by atoms with Gasteiger partial charge in [0, 0.05) is 16.0 Å². The van der Waals surface area contributed by atoms with Crippen LogP contribution in [-0.4, -0.2) is 34.0 Å². The van der Waals surface area contributed by atoms with E-state index >= 15 is 0 Å². The van der Waals surface area contributed by atoms with Crippen LogP contribution in [0.3, 0.4) is 0 Å². The number of ether oxygens (including phenoxy) is 2. The maximum Gasteiger partial charge on any atom is 0.342 e. The molecule has 0 radical (unpaired) electrons. The molecule has 23 heavy (non-hydrogen) atoms. The number of aliphatic hydroxyl groups excluding tert-OH is 1. The van der Waals surface area contributed by atoms with E-state index in [9.17, 15) is 15.0 Å². The first-order valence-corrected chi connectivity index (χ1v) is 8.22. The molecule has 2 aromatic rings. The van der Waals surface area contributed by atoms with Gasteiger partial charge in [-0.1, -0.05) is 17.7 Å². The monoisotopic (exact) mass is 332 g/mol. The Kier molecular flexibility index (Phi) is 3.23. The number of fused-ring (bicyclic) bond motifs is 3. The highest BCUT2D eigenvalue weighted by atomic mass is 32.1. The van der Waals surface area contributed by atoms with Crippen LogP contribution in [0.15, 0.2) is 36.1 Å². The Labute approximate surface area is 136 Å². The second kappa shape index (κ2) is 5.06. The summed E-state index contributed by atoms with van der Waals surface area (Å²) in [7, 11) is 0. The van der Waals surface area contributed by atoms with Gasteiger partial charge in [0.1, 0.15) is 24.6 Å². The van der Waals surface area contributed by atoms with Crippen LogP contribution in [0, 0.1) is 6.92 Å². The van der Waals surface area contributed by atoms with Crippen LogP contribution in [0.4, 0.5) is 0 Å². The fourth-order valence-corrected chi connectivity index (χ4v) is 4.00. The molecule has 2 bridgehead atoms. The van der Waals surface area contributed by atoms with Crippen molar-refractivity contribution in [1.29, 1.82) is 0 Å². The molecule has 1 fully saturated rings. The van der Waals surface area contributed by atoms with E-state index in [0.29, 0.717) is 0 Å². The van der Waals surface area contributed by atoms with Crippen molar-refractivity contribution in [2.45, 2.75) is 37.8 Å². The van der Waals surface area contributed by atoms with Gasteiger partial charge in [0.2, 0.25) is 0 Å². The van der Waals surface area contributed by atoms with Gasteiger partial charge in [0.05, 0.1) is 0 Å². The van der Waals surface area contributed by atoms with Crippen molar-refractivity contribution < 1.29 is 24.5 Å². The van der Waals surface area contributed by atoms with Crippen molar-refractivity contribution in [3.63, 3.8) is 0 Å². The third kappa shape index (κ3) is 2.43. The van der Waals surface area contributed by atoms with E-state index in [0.717, 1.165) is 10.3 Å². The van der Waals surface area contributed by atoms with Gasteiger partial charge in [-0.05, 0) is 30.5 Å². The van der Waals surface area contributed by atoms with Crippen LogP contribution < -0.4 is 0 Å². The molecule has 6 heteroatoms. The van der Waals surface area contributed by atoms with Gasteiger partial charge in [-0.3, -0.25) is 0 Å². The van der Waals surface area contributed by atoms with Gasteiger partial charge >= 0.3 is 5.97 Å². The third-order valence-electron chi connectivity index (χ3n) is 4.25. The number of thiophene rings is 1. The van der Waals surface area contributed by atoms with Crippen LogP contribution in [0.1, 0.15) is 16.9 Å². The lowest BCUT2D eigenvalue weighted by Gasteiger charge is -2.25. The molecule has 0 saturated carbocycles. The van der Waals surface area contributed by atoms with Crippen LogP contribution in [0.5, 0.6) is 0 Å². The highest BCUT2D eigenvalue weighted by Crippen LogP contribution is 2.37. The Bertz CT molecular complexity index is 823. The van der Waals surface area contributed by atoms with E-state index in [1.807, 2.05) is 13.0 Å². The summed E-state index contributed by atoms with van der Waals surface area (Å²) >= 11 is 1.62. The lowest BCUT2D eigenvalue weighted by Crippen LogP contribution is -2.38. The summed E-state index contributed by atoms with van der Waals surface area (Å²) in [5.41, 5.74) is -0.473. The molecular weight excluding hydrogens is 316 g/mol. The molecule has 2 N–H and O–H groups in total. The molecule has 2 heterocycles. The van der Waals surface area contributed by atoms with E-state index in [4.69, 9.17) is 9.47 Å². The van der Waals surface area contributed by atoms with Gasteiger partial charge in [-0.25, -0.2) is 4.79 Å². The van der Waals surface area contributed by atoms with Gasteiger partial charge in [-0.15, -0.1) is 11.3 Å². The maximum absolute atomic E-state index is 11.6. The molecule has 3 atom stereocenters. The van der Waals surface area contributed by atoms with Gasteiger partial charge in [-0.2, -0.15) is 0 Å². The number of hydrogen-bond donors (Lipinski definition) is 2. The second-order valence-corrected chi connectivity index (χ2v) is 7.27. The molecule has 4 rings (SSSR count). The van der Waals surface area contributed by atoms with Crippen molar-refractivity contribution >= 4 is 27.4 Å². The number of benzene rings is 1. The predicted octanol–water partition coefficient (Wildman–Crippen LogP) is 2.03. The highest BCUT2D eigenvalue weighted by Gasteiger charge is 2.54. The summed E-state index contributed by atoms with van der Waals surface area (Å²) in [6.45, 7) is 2.32. The van der Waals surface area contributed by atoms with Crippen LogP contribution >= 0.6 is 11.3 Å². The fourth-order valence-electron chi connectivity index (χ4n) is 3.04. The first-order valence-electron chi connectivity index (χ1n) is 7.41. The van der Waals surface area contributed by atoms with Gasteiger partial charge < -0.3 is 19.7 Å². The molecule has 0 spiro atoms. The maximum atomic E-state index is 11.6. The average Bonchev–Trinajstić information content (AvgIpc) is 3.01. The summed E-state index contributed by atoms with van der Waals surface area (Å²) in [6, 6.07) is 8.29. The van der Waals surface area contributed by atoms with Crippen molar-refractivity contribution in [2.75, 3.05) is 0 Å². The SMILES string of the molecule is Cc1ccc2sc(COC3=C[C@]4(O)C[C@@H](OC4=O)[C@@H]3O)cc2c1. The first kappa shape index (κ1) is 14.7. The number of carbonyl (C=O) groups excluding carboxylic acids is 1. The average molecular weight is 332 g/mol. The minimum atomic E-state index is -1.67. The van der Waals surface area contributed by atoms with Gasteiger partial charge in [0.15, 0.2) is 5.60 Å². The lowest BCUT2D eigenvalue weighted by molar-refractivity contribution is -0.152. The zero-order valence-electron chi connectivity index (χ0n) is 12.5. The molecule has 0 amide bonds. The summed E-state index contributed by atoms with van der Waals surface area (Å²) in [5.74, 6) is -0.527. The highest BCUT2D eigenvalue weighted by molar-refractivity contribution is 7.19. The topological polar surface area (TPSA) is 76.0 Å². The molecule has 1 aliphatic heterocycles. The zero-order chi connectivity index (χ0) is 16.2. The fraction of sp³-hybridized carbons (Fsp3) is 0.353. The number of esters is 1. The summed E-state index contributed by atoms with van der Waals surface area (Å²) in [6.07, 6.45) is -0.417. The van der Waals surface area contributed by atoms with E-state index < -0.39 is 23.8 Å². The smallest absolute Gasteiger partial charge is 0.342 e. The number of hydrogen-bond acceptors (Lipinski definition) is 6.